The monoisotopic (exact) mass is 457 g/mol. The predicted molar refractivity (Wildman–Crippen MR) is 142 cm³/mol. The molecule has 0 spiro atoms. The zero-order valence-corrected chi connectivity index (χ0v) is 19.0. The highest BCUT2D eigenvalue weighted by atomic mass is 32.1. The average molecular weight is 458 g/mol. The molecule has 0 unspecified atom stereocenters. The number of para-hydroxylation sites is 1. The lowest BCUT2D eigenvalue weighted by Gasteiger charge is -2.08. The second kappa shape index (κ2) is 6.38. The van der Waals surface area contributed by atoms with E-state index in [-0.39, 0.29) is 0 Å². The predicted octanol–water partition coefficient (Wildman–Crippen LogP) is 8.31. The van der Waals surface area contributed by atoms with Gasteiger partial charge >= 0.3 is 0 Å². The highest BCUT2D eigenvalue weighted by Gasteiger charge is 2.16. The van der Waals surface area contributed by atoms with Crippen LogP contribution in [0, 0.1) is 0 Å². The van der Waals surface area contributed by atoms with E-state index in [9.17, 15) is 0 Å². The van der Waals surface area contributed by atoms with E-state index in [2.05, 4.69) is 93.4 Å². The van der Waals surface area contributed by atoms with E-state index in [1.54, 1.807) is 17.7 Å². The minimum Gasteiger partial charge on any atom is -0.309 e. The third kappa shape index (κ3) is 2.38. The Morgan fingerprint density at radius 2 is 1.39 bits per heavy atom. The standard InChI is InChI=1S/C28H15N3S2/c1-3-7-22-17(5-1)19-12-21-26(33-27-14-29-15-30-28(21)27)13-23(19)31(22)16-9-10-25-20(11-16)18-6-2-4-8-24(18)32-25/h1-15H. The summed E-state index contributed by atoms with van der Waals surface area (Å²) in [6.07, 6.45) is 3.56. The highest BCUT2D eigenvalue weighted by molar-refractivity contribution is 7.26. The first-order valence-corrected chi connectivity index (χ1v) is 12.5. The van der Waals surface area contributed by atoms with Gasteiger partial charge in [0.25, 0.3) is 0 Å². The van der Waals surface area contributed by atoms with Gasteiger partial charge < -0.3 is 4.57 Å². The Morgan fingerprint density at radius 1 is 0.576 bits per heavy atom. The van der Waals surface area contributed by atoms with Crippen LogP contribution in [0.25, 0.3) is 68.0 Å². The lowest BCUT2D eigenvalue weighted by molar-refractivity contribution is 1.19. The molecule has 0 aliphatic carbocycles. The number of aromatic nitrogens is 3. The highest BCUT2D eigenvalue weighted by Crippen LogP contribution is 2.41. The third-order valence-corrected chi connectivity index (χ3v) is 8.77. The third-order valence-electron chi connectivity index (χ3n) is 6.55. The molecule has 0 amide bonds. The van der Waals surface area contributed by atoms with Crippen LogP contribution in [0.4, 0.5) is 0 Å². The first-order valence-electron chi connectivity index (χ1n) is 10.8. The van der Waals surface area contributed by atoms with Crippen molar-refractivity contribution < 1.29 is 0 Å². The van der Waals surface area contributed by atoms with E-state index in [1.807, 2.05) is 17.5 Å². The van der Waals surface area contributed by atoms with Crippen LogP contribution in [0.5, 0.6) is 0 Å². The Labute approximate surface area is 196 Å². The zero-order chi connectivity index (χ0) is 21.5. The maximum atomic E-state index is 4.57. The lowest BCUT2D eigenvalue weighted by atomic mass is 10.1. The van der Waals surface area contributed by atoms with Gasteiger partial charge in [-0.05, 0) is 42.5 Å². The molecule has 8 rings (SSSR count). The van der Waals surface area contributed by atoms with Crippen molar-refractivity contribution in [3.05, 3.63) is 91.4 Å². The Bertz CT molecular complexity index is 2040. The van der Waals surface area contributed by atoms with Gasteiger partial charge in [0.2, 0.25) is 0 Å². The SMILES string of the molecule is c1ccc2c(c1)sc1ccc(-n3c4ccccc4c4cc5c(cc43)sc3cncnc35)cc12. The first-order chi connectivity index (χ1) is 16.3. The fourth-order valence-corrected chi connectivity index (χ4v) is 7.24. The summed E-state index contributed by atoms with van der Waals surface area (Å²) in [5, 5.41) is 6.36. The Kier molecular flexibility index (Phi) is 3.42. The minimum atomic E-state index is 1.04. The summed E-state index contributed by atoms with van der Waals surface area (Å²) in [6, 6.07) is 28.9. The van der Waals surface area contributed by atoms with E-state index in [1.165, 1.54) is 57.8 Å². The molecule has 8 aromatic rings. The van der Waals surface area contributed by atoms with E-state index in [0.717, 1.165) is 10.2 Å². The van der Waals surface area contributed by atoms with Crippen molar-refractivity contribution >= 4 is 85.0 Å². The molecule has 4 aromatic heterocycles. The van der Waals surface area contributed by atoms with Gasteiger partial charge in [-0.3, -0.25) is 0 Å². The van der Waals surface area contributed by atoms with Crippen molar-refractivity contribution in [2.24, 2.45) is 0 Å². The number of nitrogens with zero attached hydrogens (tertiary/aromatic N) is 3. The van der Waals surface area contributed by atoms with Gasteiger partial charge in [0.05, 0.1) is 21.3 Å². The average Bonchev–Trinajstić information content (AvgIpc) is 3.51. The normalized spacial score (nSPS) is 12.2. The summed E-state index contributed by atoms with van der Waals surface area (Å²) in [7, 11) is 0. The molecule has 4 aromatic carbocycles. The number of fused-ring (bicyclic) bond motifs is 9. The second-order valence-corrected chi connectivity index (χ2v) is 10.5. The molecule has 0 saturated heterocycles. The Morgan fingerprint density at radius 3 is 2.36 bits per heavy atom. The van der Waals surface area contributed by atoms with Crippen LogP contribution < -0.4 is 0 Å². The molecule has 3 nitrogen and oxygen atoms in total. The van der Waals surface area contributed by atoms with Crippen LogP contribution in [-0.2, 0) is 0 Å². The lowest BCUT2D eigenvalue weighted by Crippen LogP contribution is -1.93. The van der Waals surface area contributed by atoms with Gasteiger partial charge in [-0.2, -0.15) is 0 Å². The van der Waals surface area contributed by atoms with Crippen LogP contribution in [0.3, 0.4) is 0 Å². The van der Waals surface area contributed by atoms with E-state index in [4.69, 9.17) is 0 Å². The fourth-order valence-electron chi connectivity index (χ4n) is 5.11. The number of hydrogen-bond acceptors (Lipinski definition) is 4. The van der Waals surface area contributed by atoms with Gasteiger partial charge in [-0.1, -0.05) is 36.4 Å². The largest absolute Gasteiger partial charge is 0.309 e. The van der Waals surface area contributed by atoms with E-state index in [0.29, 0.717) is 0 Å². The number of thiophene rings is 2. The Balaban J connectivity index is 1.52. The smallest absolute Gasteiger partial charge is 0.116 e. The van der Waals surface area contributed by atoms with Crippen LogP contribution >= 0.6 is 22.7 Å². The van der Waals surface area contributed by atoms with Crippen molar-refractivity contribution in [2.45, 2.75) is 0 Å². The minimum absolute atomic E-state index is 1.04. The molecule has 0 aliphatic rings. The Hall–Kier alpha value is -3.80. The van der Waals surface area contributed by atoms with Crippen molar-refractivity contribution in [2.75, 3.05) is 0 Å². The second-order valence-electron chi connectivity index (χ2n) is 8.33. The van der Waals surface area contributed by atoms with Crippen molar-refractivity contribution in [3.8, 4) is 5.69 Å². The molecule has 5 heteroatoms. The topological polar surface area (TPSA) is 30.7 Å². The summed E-state index contributed by atoms with van der Waals surface area (Å²) >= 11 is 3.62. The molecule has 154 valence electrons. The zero-order valence-electron chi connectivity index (χ0n) is 17.3. The van der Waals surface area contributed by atoms with Crippen molar-refractivity contribution in [3.63, 3.8) is 0 Å². The summed E-state index contributed by atoms with van der Waals surface area (Å²) in [6.45, 7) is 0. The van der Waals surface area contributed by atoms with Gasteiger partial charge in [-0.25, -0.2) is 9.97 Å². The quantitative estimate of drug-likeness (QED) is 0.248. The molecule has 0 atom stereocenters. The summed E-state index contributed by atoms with van der Waals surface area (Å²) < 4.78 is 7.43. The molecule has 0 fully saturated rings. The van der Waals surface area contributed by atoms with Crippen molar-refractivity contribution in [1.82, 2.24) is 14.5 Å². The first kappa shape index (κ1) is 17.7. The number of hydrogen-bond donors (Lipinski definition) is 0. The molecule has 0 bridgehead atoms. The van der Waals surface area contributed by atoms with Crippen LogP contribution in [-0.4, -0.2) is 14.5 Å². The van der Waals surface area contributed by atoms with Gasteiger partial charge in [-0.15, -0.1) is 22.7 Å². The maximum Gasteiger partial charge on any atom is 0.116 e. The van der Waals surface area contributed by atoms with Crippen LogP contribution in [0.1, 0.15) is 0 Å². The van der Waals surface area contributed by atoms with Crippen LogP contribution in [0.2, 0.25) is 0 Å². The van der Waals surface area contributed by atoms with Gasteiger partial charge in [0.15, 0.2) is 0 Å². The number of rotatable bonds is 1. The molecule has 0 N–H and O–H groups in total. The van der Waals surface area contributed by atoms with Gasteiger partial charge in [0.1, 0.15) is 6.33 Å². The van der Waals surface area contributed by atoms with Crippen LogP contribution in [0.15, 0.2) is 91.4 Å². The molecular formula is C28H15N3S2. The van der Waals surface area contributed by atoms with E-state index >= 15 is 0 Å². The summed E-state index contributed by atoms with van der Waals surface area (Å²) in [4.78, 5) is 8.80. The molecule has 0 saturated carbocycles. The summed E-state index contributed by atoms with van der Waals surface area (Å²) in [5.41, 5.74) is 4.68. The van der Waals surface area contributed by atoms with Gasteiger partial charge in [0, 0.05) is 52.9 Å². The maximum absolute atomic E-state index is 4.57. The van der Waals surface area contributed by atoms with Crippen molar-refractivity contribution in [1.29, 1.82) is 0 Å². The molecule has 33 heavy (non-hydrogen) atoms. The number of benzene rings is 4. The molecule has 4 heterocycles. The van der Waals surface area contributed by atoms with E-state index < -0.39 is 0 Å². The fraction of sp³-hybridized carbons (Fsp3) is 0. The molecule has 0 radical (unpaired) electrons. The molecular weight excluding hydrogens is 442 g/mol. The molecule has 0 aliphatic heterocycles. The summed E-state index contributed by atoms with van der Waals surface area (Å²) in [5.74, 6) is 0.